The zero-order valence-corrected chi connectivity index (χ0v) is 17.6. The van der Waals surface area contributed by atoms with Crippen LogP contribution < -0.4 is 0 Å². The van der Waals surface area contributed by atoms with Crippen molar-refractivity contribution in [2.24, 2.45) is 11.8 Å². The number of carbonyl (C=O) groups is 3. The van der Waals surface area contributed by atoms with Crippen molar-refractivity contribution in [3.8, 4) is 0 Å². The first-order valence-corrected chi connectivity index (χ1v) is 9.87. The molecular weight excluding hydrogens is 376 g/mol. The van der Waals surface area contributed by atoms with Gasteiger partial charge in [-0.25, -0.2) is 4.79 Å². The fourth-order valence-corrected chi connectivity index (χ4v) is 3.41. The zero-order valence-electron chi connectivity index (χ0n) is 17.6. The van der Waals surface area contributed by atoms with Gasteiger partial charge in [0.05, 0.1) is 17.9 Å². The lowest BCUT2D eigenvalue weighted by atomic mass is 9.85. The van der Waals surface area contributed by atoms with Gasteiger partial charge in [-0.1, -0.05) is 20.4 Å². The Bertz CT molecular complexity index is 748. The van der Waals surface area contributed by atoms with Crippen LogP contribution in [0.4, 0.5) is 0 Å². The number of fused-ring (bicyclic) bond motifs is 1. The van der Waals surface area contributed by atoms with Gasteiger partial charge in [-0.15, -0.1) is 0 Å². The van der Waals surface area contributed by atoms with E-state index in [2.05, 4.69) is 6.58 Å². The van der Waals surface area contributed by atoms with Crippen LogP contribution >= 0.6 is 0 Å². The lowest BCUT2D eigenvalue weighted by Crippen LogP contribution is -2.35. The second-order valence-corrected chi connectivity index (χ2v) is 7.80. The second kappa shape index (κ2) is 9.39. The first-order chi connectivity index (χ1) is 13.5. The van der Waals surface area contributed by atoms with E-state index in [-0.39, 0.29) is 17.9 Å². The van der Waals surface area contributed by atoms with E-state index in [0.717, 1.165) is 0 Å². The minimum Gasteiger partial charge on any atom is -0.458 e. The summed E-state index contributed by atoms with van der Waals surface area (Å²) in [6, 6.07) is 0. The molecule has 0 bridgehead atoms. The lowest BCUT2D eigenvalue weighted by Gasteiger charge is -2.29. The smallest absolute Gasteiger partial charge is 0.334 e. The van der Waals surface area contributed by atoms with Gasteiger partial charge in [0.1, 0.15) is 18.3 Å². The summed E-state index contributed by atoms with van der Waals surface area (Å²) in [6.45, 7) is 12.2. The number of hydrogen-bond donors (Lipinski definition) is 1. The fourth-order valence-electron chi connectivity index (χ4n) is 3.41. The molecule has 0 unspecified atom stereocenters. The van der Waals surface area contributed by atoms with Gasteiger partial charge in [0.2, 0.25) is 0 Å². The normalized spacial score (nSPS) is 34.6. The topological polar surface area (TPSA) is 99.1 Å². The van der Waals surface area contributed by atoms with E-state index in [4.69, 9.17) is 14.2 Å². The predicted octanol–water partition coefficient (Wildman–Crippen LogP) is 2.63. The maximum Gasteiger partial charge on any atom is 0.334 e. The van der Waals surface area contributed by atoms with Crippen LogP contribution in [0.2, 0.25) is 0 Å². The third-order valence-corrected chi connectivity index (χ3v) is 5.52. The van der Waals surface area contributed by atoms with E-state index < -0.39 is 48.2 Å². The highest BCUT2D eigenvalue weighted by atomic mass is 16.6. The molecule has 0 radical (unpaired) electrons. The summed E-state index contributed by atoms with van der Waals surface area (Å²) in [5, 5.41) is 10.6. The molecule has 0 saturated carbocycles. The van der Waals surface area contributed by atoms with Crippen molar-refractivity contribution in [1.82, 2.24) is 0 Å². The van der Waals surface area contributed by atoms with Gasteiger partial charge in [-0.3, -0.25) is 9.59 Å². The minimum absolute atomic E-state index is 0.141. The first-order valence-electron chi connectivity index (χ1n) is 9.87. The molecule has 1 aliphatic carbocycles. The molecule has 7 heteroatoms. The summed E-state index contributed by atoms with van der Waals surface area (Å²) in [7, 11) is 0. The molecule has 0 aromatic heterocycles. The van der Waals surface area contributed by atoms with Crippen molar-refractivity contribution in [3.63, 3.8) is 0 Å². The van der Waals surface area contributed by atoms with E-state index in [9.17, 15) is 19.5 Å². The van der Waals surface area contributed by atoms with Crippen molar-refractivity contribution < 1.29 is 33.7 Å². The quantitative estimate of drug-likeness (QED) is 0.332. The van der Waals surface area contributed by atoms with E-state index in [1.165, 1.54) is 6.92 Å². The van der Waals surface area contributed by atoms with Crippen molar-refractivity contribution in [2.45, 2.75) is 71.9 Å². The molecule has 1 aliphatic heterocycles. The molecule has 0 aromatic rings. The van der Waals surface area contributed by atoms with Gasteiger partial charge in [-0.05, 0) is 43.6 Å². The predicted molar refractivity (Wildman–Crippen MR) is 106 cm³/mol. The number of ether oxygens (including phenoxy) is 3. The molecule has 1 saturated heterocycles. The van der Waals surface area contributed by atoms with Crippen LogP contribution in [0.3, 0.4) is 0 Å². The highest BCUT2D eigenvalue weighted by Gasteiger charge is 2.44. The summed E-state index contributed by atoms with van der Waals surface area (Å²) in [5.74, 6) is -2.37. The summed E-state index contributed by atoms with van der Waals surface area (Å²) >= 11 is 0. The molecule has 1 N–H and O–H groups in total. The van der Waals surface area contributed by atoms with Crippen LogP contribution in [0.5, 0.6) is 0 Å². The van der Waals surface area contributed by atoms with Gasteiger partial charge in [0, 0.05) is 18.9 Å². The summed E-state index contributed by atoms with van der Waals surface area (Å²) in [4.78, 5) is 36.2. The van der Waals surface area contributed by atoms with Crippen LogP contribution in [-0.4, -0.2) is 47.4 Å². The Kier molecular flexibility index (Phi) is 7.41. The molecule has 0 spiro atoms. The van der Waals surface area contributed by atoms with Crippen LogP contribution in [0, 0.1) is 11.8 Å². The molecule has 6 atom stereocenters. The molecule has 2 aliphatic rings. The van der Waals surface area contributed by atoms with Crippen LogP contribution in [-0.2, 0) is 28.6 Å². The second-order valence-electron chi connectivity index (χ2n) is 7.80. The molecule has 7 nitrogen and oxygen atoms in total. The van der Waals surface area contributed by atoms with Crippen molar-refractivity contribution in [3.05, 3.63) is 35.5 Å². The Hall–Kier alpha value is -2.41. The number of esters is 3. The Labute approximate surface area is 171 Å². The molecule has 160 valence electrons. The van der Waals surface area contributed by atoms with Gasteiger partial charge < -0.3 is 19.3 Å². The van der Waals surface area contributed by atoms with Gasteiger partial charge in [0.15, 0.2) is 0 Å². The Balaban J connectivity index is 2.49. The van der Waals surface area contributed by atoms with Crippen molar-refractivity contribution in [1.29, 1.82) is 0 Å². The van der Waals surface area contributed by atoms with Crippen LogP contribution in [0.15, 0.2) is 35.5 Å². The van der Waals surface area contributed by atoms with Crippen molar-refractivity contribution >= 4 is 17.9 Å². The average molecular weight is 406 g/mol. The van der Waals surface area contributed by atoms with Crippen LogP contribution in [0.25, 0.3) is 0 Å². The molecular formula is C22H30O7. The van der Waals surface area contributed by atoms with E-state index in [0.29, 0.717) is 17.6 Å². The first kappa shape index (κ1) is 22.9. The Morgan fingerprint density at radius 2 is 1.93 bits per heavy atom. The summed E-state index contributed by atoms with van der Waals surface area (Å²) in [6.07, 6.45) is 0.946. The fraction of sp³-hybridized carbons (Fsp3) is 0.591. The largest absolute Gasteiger partial charge is 0.458 e. The summed E-state index contributed by atoms with van der Waals surface area (Å²) in [5.41, 5.74) is 1.38. The van der Waals surface area contributed by atoms with E-state index >= 15 is 0 Å². The summed E-state index contributed by atoms with van der Waals surface area (Å²) < 4.78 is 16.5. The minimum atomic E-state index is -0.921. The number of rotatable bonds is 4. The highest BCUT2D eigenvalue weighted by molar-refractivity contribution is 5.91. The van der Waals surface area contributed by atoms with Gasteiger partial charge in [0.25, 0.3) is 0 Å². The van der Waals surface area contributed by atoms with Gasteiger partial charge >= 0.3 is 17.9 Å². The maximum absolute atomic E-state index is 12.5. The Morgan fingerprint density at radius 1 is 1.28 bits per heavy atom. The standard InChI is InChI=1S/C22H30O7/c1-7-11(2)21(25)28-18-8-12(3)16(24)10-17(27-15(6)23)13(4)9-19-20(18)14(5)22(26)29-19/h8-9,11,16-20,24H,5,7,10H2,1-4,6H3/b12-8-,13-9-/t11-,16+,17+,18-,19-,20-/m1/s1. The third kappa shape index (κ3) is 5.35. The van der Waals surface area contributed by atoms with Gasteiger partial charge in [-0.2, -0.15) is 0 Å². The molecule has 0 amide bonds. The molecule has 0 aromatic carbocycles. The van der Waals surface area contributed by atoms with Crippen LogP contribution in [0.1, 0.15) is 47.5 Å². The third-order valence-electron chi connectivity index (χ3n) is 5.52. The number of aliphatic hydroxyl groups excluding tert-OH is 1. The highest BCUT2D eigenvalue weighted by Crippen LogP contribution is 2.36. The zero-order chi connectivity index (χ0) is 21.9. The molecule has 1 fully saturated rings. The average Bonchev–Trinajstić information content (AvgIpc) is 2.92. The van der Waals surface area contributed by atoms with E-state index in [1.54, 1.807) is 32.9 Å². The molecule has 1 heterocycles. The maximum atomic E-state index is 12.5. The molecule has 29 heavy (non-hydrogen) atoms. The number of hydrogen-bond acceptors (Lipinski definition) is 7. The monoisotopic (exact) mass is 406 g/mol. The van der Waals surface area contributed by atoms with E-state index in [1.807, 2.05) is 6.92 Å². The lowest BCUT2D eigenvalue weighted by molar-refractivity contribution is -0.154. The Morgan fingerprint density at radius 3 is 2.52 bits per heavy atom. The van der Waals surface area contributed by atoms with Crippen molar-refractivity contribution in [2.75, 3.05) is 0 Å². The molecule has 2 rings (SSSR count). The number of aliphatic hydroxyl groups is 1. The SMILES string of the molecule is C=C1C(=O)O[C@@H]2/C=C(/C)[C@@H](OC(C)=O)C[C@H](O)/C(C)=C\[C@@H](OC(=O)[C@H](C)CC)[C@@H]12. The number of carbonyl (C=O) groups excluding carboxylic acids is 3.